The lowest BCUT2D eigenvalue weighted by molar-refractivity contribution is -0.143. The maximum absolute atomic E-state index is 13.8. The van der Waals surface area contributed by atoms with Crippen LogP contribution in [0.5, 0.6) is 0 Å². The van der Waals surface area contributed by atoms with Crippen molar-refractivity contribution in [1.29, 1.82) is 0 Å². The van der Waals surface area contributed by atoms with Crippen LogP contribution >= 0.6 is 11.8 Å². The van der Waals surface area contributed by atoms with Crippen LogP contribution in [0.25, 0.3) is 0 Å². The summed E-state index contributed by atoms with van der Waals surface area (Å²) in [6.45, 7) is 15.1. The molecule has 2 bridgehead atoms. The monoisotopic (exact) mass is 620 g/mol. The van der Waals surface area contributed by atoms with Crippen LogP contribution in [0.4, 0.5) is 0 Å². The second kappa shape index (κ2) is 15.2. The van der Waals surface area contributed by atoms with E-state index in [-0.39, 0.29) is 36.8 Å². The molecule has 6 atom stereocenters. The number of hydrogen-bond acceptors (Lipinski definition) is 8. The van der Waals surface area contributed by atoms with Crippen molar-refractivity contribution in [3.63, 3.8) is 0 Å². The molecular formula is C30H48N6O6S. The van der Waals surface area contributed by atoms with Crippen LogP contribution in [-0.4, -0.2) is 101 Å². The molecule has 0 radical (unpaired) electrons. The van der Waals surface area contributed by atoms with E-state index in [0.29, 0.717) is 43.0 Å². The highest BCUT2D eigenvalue weighted by Gasteiger charge is 2.41. The van der Waals surface area contributed by atoms with Crippen LogP contribution in [0.2, 0.25) is 0 Å². The fourth-order valence-electron chi connectivity index (χ4n) is 5.17. The van der Waals surface area contributed by atoms with Crippen LogP contribution in [0.3, 0.4) is 0 Å². The Morgan fingerprint density at radius 3 is 2.44 bits per heavy atom. The molecule has 43 heavy (non-hydrogen) atoms. The number of fused-ring (bicyclic) bond motifs is 2. The lowest BCUT2D eigenvalue weighted by Gasteiger charge is -2.31. The molecule has 0 spiro atoms. The standard InChI is InChI=1S/C30H48N6O6S/c1-8-18(5)24-29(41)36-12-10-11-22(36)27(40)31-14-23(37)32-20(15-42-30(6,7)9-2)25(38)33-19(13-17(3)4)28-34-21(16-43-28)26(39)35-24/h9,17-22,24H,2,8,10-16H2,1,3-7H3,(H,31,40)(H,32,37)(H,33,38)(H,35,39). The molecule has 240 valence electrons. The summed E-state index contributed by atoms with van der Waals surface area (Å²) in [5.74, 6) is -1.77. The van der Waals surface area contributed by atoms with Crippen molar-refractivity contribution in [2.24, 2.45) is 16.8 Å². The zero-order valence-corrected chi connectivity index (χ0v) is 27.1. The van der Waals surface area contributed by atoms with Gasteiger partial charge in [0.05, 0.1) is 29.8 Å². The number of thioether (sulfide) groups is 1. The average Bonchev–Trinajstić information content (AvgIpc) is 3.65. The highest BCUT2D eigenvalue weighted by Crippen LogP contribution is 2.26. The van der Waals surface area contributed by atoms with Gasteiger partial charge >= 0.3 is 0 Å². The lowest BCUT2D eigenvalue weighted by Crippen LogP contribution is -2.58. The van der Waals surface area contributed by atoms with Crippen LogP contribution < -0.4 is 21.3 Å². The molecule has 0 aromatic heterocycles. The highest BCUT2D eigenvalue weighted by atomic mass is 32.2. The number of amides is 5. The topological polar surface area (TPSA) is 158 Å². The summed E-state index contributed by atoms with van der Waals surface area (Å²) in [6.07, 6.45) is 3.88. The maximum Gasteiger partial charge on any atom is 0.246 e. The van der Waals surface area contributed by atoms with Gasteiger partial charge in [-0.3, -0.25) is 29.0 Å². The Morgan fingerprint density at radius 1 is 1.07 bits per heavy atom. The minimum atomic E-state index is -1.07. The first-order valence-corrected chi connectivity index (χ1v) is 16.2. The number of rotatable bonds is 8. The van der Waals surface area contributed by atoms with E-state index >= 15 is 0 Å². The molecule has 6 unspecified atom stereocenters. The molecule has 3 rings (SSSR count). The Morgan fingerprint density at radius 2 is 1.79 bits per heavy atom. The molecule has 0 aromatic carbocycles. The molecule has 13 heteroatoms. The van der Waals surface area contributed by atoms with Gasteiger partial charge in [-0.25, -0.2) is 0 Å². The molecule has 3 aliphatic rings. The third-order valence-electron chi connectivity index (χ3n) is 8.10. The van der Waals surface area contributed by atoms with Crippen molar-refractivity contribution in [2.45, 2.75) is 103 Å². The first-order valence-electron chi connectivity index (χ1n) is 15.2. The minimum Gasteiger partial charge on any atom is -0.369 e. The summed E-state index contributed by atoms with van der Waals surface area (Å²) in [5.41, 5.74) is -0.750. The number of aliphatic imine (C=N–C) groups is 1. The van der Waals surface area contributed by atoms with Crippen molar-refractivity contribution in [2.75, 3.05) is 25.4 Å². The molecule has 12 nitrogen and oxygen atoms in total. The second-order valence-corrected chi connectivity index (χ2v) is 13.5. The summed E-state index contributed by atoms with van der Waals surface area (Å²) in [5, 5.41) is 11.9. The van der Waals surface area contributed by atoms with Crippen molar-refractivity contribution in [3.8, 4) is 0 Å². The smallest absolute Gasteiger partial charge is 0.246 e. The average molecular weight is 621 g/mol. The largest absolute Gasteiger partial charge is 0.369 e. The number of hydrogen-bond donors (Lipinski definition) is 4. The van der Waals surface area contributed by atoms with Gasteiger partial charge in [-0.2, -0.15) is 0 Å². The highest BCUT2D eigenvalue weighted by molar-refractivity contribution is 8.14. The SMILES string of the molecule is C=CC(C)(C)OCC1NC(=O)CNC(=O)C2CCCN2C(=O)C(C(C)CC)NC(=O)C2CSC(=N2)C(CC(C)C)NC1=O. The normalized spacial score (nSPS) is 28.6. The second-order valence-electron chi connectivity index (χ2n) is 12.5. The maximum atomic E-state index is 13.8. The molecule has 1 fully saturated rings. The Bertz CT molecular complexity index is 1110. The van der Waals surface area contributed by atoms with Gasteiger partial charge in [-0.1, -0.05) is 40.2 Å². The van der Waals surface area contributed by atoms with Gasteiger partial charge in [-0.05, 0) is 44.9 Å². The first kappa shape index (κ1) is 34.6. The predicted octanol–water partition coefficient (Wildman–Crippen LogP) is 1.15. The fraction of sp³-hybridized carbons (Fsp3) is 0.733. The third-order valence-corrected chi connectivity index (χ3v) is 9.27. The molecular weight excluding hydrogens is 572 g/mol. The van der Waals surface area contributed by atoms with E-state index < -0.39 is 53.5 Å². The van der Waals surface area contributed by atoms with Gasteiger partial charge in [0.25, 0.3) is 0 Å². The van der Waals surface area contributed by atoms with Crippen molar-refractivity contribution in [3.05, 3.63) is 12.7 Å². The molecule has 0 aromatic rings. The number of nitrogens with one attached hydrogen (secondary N) is 4. The van der Waals surface area contributed by atoms with E-state index in [2.05, 4.69) is 27.8 Å². The van der Waals surface area contributed by atoms with Gasteiger partial charge < -0.3 is 30.9 Å². The van der Waals surface area contributed by atoms with Crippen LogP contribution in [0.15, 0.2) is 17.6 Å². The van der Waals surface area contributed by atoms with E-state index in [1.54, 1.807) is 19.9 Å². The van der Waals surface area contributed by atoms with E-state index in [4.69, 9.17) is 9.73 Å². The van der Waals surface area contributed by atoms with Gasteiger partial charge in [0.15, 0.2) is 0 Å². The summed E-state index contributed by atoms with van der Waals surface area (Å²) in [6, 6.07) is -3.86. The lowest BCUT2D eigenvalue weighted by atomic mass is 9.97. The molecule has 4 N–H and O–H groups in total. The number of carbonyl (C=O) groups is 5. The van der Waals surface area contributed by atoms with Crippen LogP contribution in [-0.2, 0) is 28.7 Å². The van der Waals surface area contributed by atoms with E-state index in [0.717, 1.165) is 0 Å². The third kappa shape index (κ3) is 9.28. The number of carbonyl (C=O) groups excluding carboxylic acids is 5. The van der Waals surface area contributed by atoms with Crippen molar-refractivity contribution < 1.29 is 28.7 Å². The quantitative estimate of drug-likeness (QED) is 0.297. The van der Waals surface area contributed by atoms with Crippen LogP contribution in [0.1, 0.15) is 67.2 Å². The zero-order chi connectivity index (χ0) is 31.9. The first-order chi connectivity index (χ1) is 20.3. The Balaban J connectivity index is 1.97. The predicted molar refractivity (Wildman–Crippen MR) is 166 cm³/mol. The zero-order valence-electron chi connectivity index (χ0n) is 26.2. The van der Waals surface area contributed by atoms with Crippen molar-refractivity contribution in [1.82, 2.24) is 26.2 Å². The molecule has 0 saturated carbocycles. The van der Waals surface area contributed by atoms with E-state index in [1.807, 2.05) is 27.7 Å². The van der Waals surface area contributed by atoms with Gasteiger partial charge in [0.2, 0.25) is 29.5 Å². The van der Waals surface area contributed by atoms with E-state index in [1.165, 1.54) is 16.7 Å². The summed E-state index contributed by atoms with van der Waals surface area (Å²) in [7, 11) is 0. The fourth-order valence-corrected chi connectivity index (χ4v) is 6.28. The molecule has 3 heterocycles. The number of ether oxygens (including phenoxy) is 1. The Hall–Kier alpha value is -2.93. The van der Waals surface area contributed by atoms with Gasteiger partial charge in [0, 0.05) is 12.3 Å². The Labute approximate surface area is 259 Å². The van der Waals surface area contributed by atoms with Gasteiger partial charge in [0.1, 0.15) is 24.2 Å². The van der Waals surface area contributed by atoms with Crippen LogP contribution in [0, 0.1) is 11.8 Å². The molecule has 3 aliphatic heterocycles. The number of nitrogens with zero attached hydrogens (tertiary/aromatic N) is 2. The van der Waals surface area contributed by atoms with Crippen molar-refractivity contribution >= 4 is 46.3 Å². The summed E-state index contributed by atoms with van der Waals surface area (Å²) >= 11 is 1.40. The Kier molecular flexibility index (Phi) is 12.2. The van der Waals surface area contributed by atoms with Gasteiger partial charge in [-0.15, -0.1) is 18.3 Å². The molecule has 1 saturated heterocycles. The minimum absolute atomic E-state index is 0.133. The molecule has 5 amide bonds. The van der Waals surface area contributed by atoms with E-state index in [9.17, 15) is 24.0 Å². The summed E-state index contributed by atoms with van der Waals surface area (Å²) < 4.78 is 5.88. The molecule has 0 aliphatic carbocycles. The summed E-state index contributed by atoms with van der Waals surface area (Å²) in [4.78, 5) is 73.2.